The normalized spacial score (nSPS) is 11.3. The summed E-state index contributed by atoms with van der Waals surface area (Å²) in [4.78, 5) is 0. The number of aryl methyl sites for hydroxylation is 1. The standard InChI is InChI=1S/C19H25NO3/c1-12-6-7-13(8-16(12)21)11-19(2,3)14-9-17(22-4)18(23-5)10-15(14)20/h6-10,21H,11,20H2,1-5H3. The summed E-state index contributed by atoms with van der Waals surface area (Å²) in [6, 6.07) is 9.51. The molecule has 0 aromatic heterocycles. The second-order valence-electron chi connectivity index (χ2n) is 6.48. The van der Waals surface area contributed by atoms with Crippen molar-refractivity contribution in [3.05, 3.63) is 47.0 Å². The lowest BCUT2D eigenvalue weighted by Crippen LogP contribution is -2.22. The van der Waals surface area contributed by atoms with Crippen LogP contribution in [0, 0.1) is 6.92 Å². The first-order chi connectivity index (χ1) is 10.8. The van der Waals surface area contributed by atoms with Gasteiger partial charge in [0.2, 0.25) is 0 Å². The molecule has 23 heavy (non-hydrogen) atoms. The van der Waals surface area contributed by atoms with E-state index in [1.807, 2.05) is 31.2 Å². The number of nitrogen functional groups attached to an aromatic ring is 1. The highest BCUT2D eigenvalue weighted by Gasteiger charge is 2.26. The zero-order valence-corrected chi connectivity index (χ0v) is 14.4. The third kappa shape index (κ3) is 3.52. The molecule has 0 aliphatic rings. The first kappa shape index (κ1) is 17.0. The molecule has 3 N–H and O–H groups in total. The molecule has 4 heteroatoms. The van der Waals surface area contributed by atoms with Crippen molar-refractivity contribution < 1.29 is 14.6 Å². The summed E-state index contributed by atoms with van der Waals surface area (Å²) in [6.45, 7) is 6.14. The number of aromatic hydroxyl groups is 1. The van der Waals surface area contributed by atoms with E-state index in [9.17, 15) is 5.11 Å². The van der Waals surface area contributed by atoms with Gasteiger partial charge in [-0.25, -0.2) is 0 Å². The Morgan fingerprint density at radius 1 is 1.04 bits per heavy atom. The van der Waals surface area contributed by atoms with Crippen LogP contribution in [0.3, 0.4) is 0 Å². The van der Waals surface area contributed by atoms with Crippen LogP contribution in [-0.2, 0) is 11.8 Å². The van der Waals surface area contributed by atoms with Crippen LogP contribution in [0.2, 0.25) is 0 Å². The first-order valence-electron chi connectivity index (χ1n) is 7.59. The topological polar surface area (TPSA) is 64.7 Å². The molecule has 0 saturated carbocycles. The molecule has 0 unspecified atom stereocenters. The van der Waals surface area contributed by atoms with Gasteiger partial charge in [-0.05, 0) is 47.6 Å². The zero-order chi connectivity index (χ0) is 17.2. The molecule has 4 nitrogen and oxygen atoms in total. The molecule has 2 rings (SSSR count). The highest BCUT2D eigenvalue weighted by atomic mass is 16.5. The lowest BCUT2D eigenvalue weighted by atomic mass is 9.78. The summed E-state index contributed by atoms with van der Waals surface area (Å²) in [6.07, 6.45) is 0.751. The Morgan fingerprint density at radius 3 is 2.22 bits per heavy atom. The monoisotopic (exact) mass is 315 g/mol. The number of phenolic OH excluding ortho intramolecular Hbond substituents is 1. The van der Waals surface area contributed by atoms with Crippen LogP contribution in [-0.4, -0.2) is 19.3 Å². The van der Waals surface area contributed by atoms with E-state index in [0.29, 0.717) is 22.9 Å². The predicted octanol–water partition coefficient (Wildman–Crippen LogP) is 3.82. The molecular weight excluding hydrogens is 290 g/mol. The number of hydrogen-bond acceptors (Lipinski definition) is 4. The Bertz CT molecular complexity index is 708. The third-order valence-electron chi connectivity index (χ3n) is 4.20. The van der Waals surface area contributed by atoms with E-state index in [2.05, 4.69) is 13.8 Å². The largest absolute Gasteiger partial charge is 0.508 e. The quantitative estimate of drug-likeness (QED) is 0.823. The minimum atomic E-state index is -0.217. The molecule has 0 aliphatic heterocycles. The number of benzene rings is 2. The predicted molar refractivity (Wildman–Crippen MR) is 93.5 cm³/mol. The van der Waals surface area contributed by atoms with Gasteiger partial charge in [0, 0.05) is 11.8 Å². The van der Waals surface area contributed by atoms with Gasteiger partial charge in [-0.1, -0.05) is 26.0 Å². The third-order valence-corrected chi connectivity index (χ3v) is 4.20. The fourth-order valence-electron chi connectivity index (χ4n) is 2.85. The fraction of sp³-hybridized carbons (Fsp3) is 0.368. The van der Waals surface area contributed by atoms with Crippen LogP contribution < -0.4 is 15.2 Å². The van der Waals surface area contributed by atoms with Crippen LogP contribution >= 0.6 is 0 Å². The average molecular weight is 315 g/mol. The van der Waals surface area contributed by atoms with E-state index in [1.54, 1.807) is 20.3 Å². The second-order valence-corrected chi connectivity index (χ2v) is 6.48. The van der Waals surface area contributed by atoms with Crippen molar-refractivity contribution >= 4 is 5.69 Å². The van der Waals surface area contributed by atoms with Gasteiger partial charge in [0.15, 0.2) is 11.5 Å². The van der Waals surface area contributed by atoms with Gasteiger partial charge in [0.05, 0.1) is 14.2 Å². The molecule has 2 aromatic carbocycles. The summed E-state index contributed by atoms with van der Waals surface area (Å²) in [5.74, 6) is 1.60. The molecule has 2 aromatic rings. The van der Waals surface area contributed by atoms with Gasteiger partial charge in [-0.2, -0.15) is 0 Å². The molecule has 0 radical (unpaired) electrons. The summed E-state index contributed by atoms with van der Waals surface area (Å²) in [7, 11) is 3.21. The Labute approximate surface area is 137 Å². The molecule has 124 valence electrons. The summed E-state index contributed by atoms with van der Waals surface area (Å²) in [5.41, 5.74) is 9.61. The van der Waals surface area contributed by atoms with E-state index in [1.165, 1.54) is 0 Å². The van der Waals surface area contributed by atoms with Gasteiger partial charge in [-0.15, -0.1) is 0 Å². The van der Waals surface area contributed by atoms with Crippen LogP contribution in [0.15, 0.2) is 30.3 Å². The van der Waals surface area contributed by atoms with Crippen molar-refractivity contribution in [3.8, 4) is 17.2 Å². The number of rotatable bonds is 5. The maximum absolute atomic E-state index is 9.91. The van der Waals surface area contributed by atoms with Crippen molar-refractivity contribution in [2.24, 2.45) is 0 Å². The highest BCUT2D eigenvalue weighted by Crippen LogP contribution is 2.39. The number of anilines is 1. The average Bonchev–Trinajstić information content (AvgIpc) is 2.50. The van der Waals surface area contributed by atoms with Crippen molar-refractivity contribution in [2.75, 3.05) is 20.0 Å². The number of nitrogens with two attached hydrogens (primary N) is 1. The lowest BCUT2D eigenvalue weighted by Gasteiger charge is -2.28. The summed E-state index contributed by atoms with van der Waals surface area (Å²) in [5, 5.41) is 9.91. The zero-order valence-electron chi connectivity index (χ0n) is 14.4. The minimum Gasteiger partial charge on any atom is -0.508 e. The maximum atomic E-state index is 9.91. The number of methoxy groups -OCH3 is 2. The maximum Gasteiger partial charge on any atom is 0.162 e. The lowest BCUT2D eigenvalue weighted by molar-refractivity contribution is 0.353. The molecule has 0 bridgehead atoms. The summed E-state index contributed by atoms with van der Waals surface area (Å²) < 4.78 is 10.7. The van der Waals surface area contributed by atoms with Crippen molar-refractivity contribution in [3.63, 3.8) is 0 Å². The number of ether oxygens (including phenoxy) is 2. The van der Waals surface area contributed by atoms with Crippen LogP contribution in [0.5, 0.6) is 17.2 Å². The smallest absolute Gasteiger partial charge is 0.162 e. The highest BCUT2D eigenvalue weighted by molar-refractivity contribution is 5.60. The molecule has 0 atom stereocenters. The molecule has 0 heterocycles. The van der Waals surface area contributed by atoms with E-state index in [4.69, 9.17) is 15.2 Å². The molecule has 0 fully saturated rings. The van der Waals surface area contributed by atoms with E-state index < -0.39 is 0 Å². The van der Waals surface area contributed by atoms with E-state index >= 15 is 0 Å². The van der Waals surface area contributed by atoms with Crippen molar-refractivity contribution in [1.29, 1.82) is 0 Å². The van der Waals surface area contributed by atoms with Crippen LogP contribution in [0.4, 0.5) is 5.69 Å². The first-order valence-corrected chi connectivity index (χ1v) is 7.59. The summed E-state index contributed by atoms with van der Waals surface area (Å²) >= 11 is 0. The SMILES string of the molecule is COc1cc(N)c(C(C)(C)Cc2ccc(C)c(O)c2)cc1OC. The van der Waals surface area contributed by atoms with E-state index in [0.717, 1.165) is 23.1 Å². The van der Waals surface area contributed by atoms with Crippen molar-refractivity contribution in [1.82, 2.24) is 0 Å². The Kier molecular flexibility index (Phi) is 4.73. The molecule has 0 spiro atoms. The van der Waals surface area contributed by atoms with Gasteiger partial charge in [0.1, 0.15) is 5.75 Å². The Morgan fingerprint density at radius 2 is 1.65 bits per heavy atom. The molecule has 0 aliphatic carbocycles. The van der Waals surface area contributed by atoms with Gasteiger partial charge >= 0.3 is 0 Å². The van der Waals surface area contributed by atoms with Gasteiger partial charge < -0.3 is 20.3 Å². The van der Waals surface area contributed by atoms with Crippen LogP contribution in [0.25, 0.3) is 0 Å². The van der Waals surface area contributed by atoms with Crippen molar-refractivity contribution in [2.45, 2.75) is 32.6 Å². The number of hydrogen-bond donors (Lipinski definition) is 2. The van der Waals surface area contributed by atoms with E-state index in [-0.39, 0.29) is 5.41 Å². The Balaban J connectivity index is 2.40. The minimum absolute atomic E-state index is 0.217. The number of phenols is 1. The van der Waals surface area contributed by atoms with Gasteiger partial charge in [0.25, 0.3) is 0 Å². The van der Waals surface area contributed by atoms with Crippen LogP contribution in [0.1, 0.15) is 30.5 Å². The van der Waals surface area contributed by atoms with Gasteiger partial charge in [-0.3, -0.25) is 0 Å². The molecular formula is C19H25NO3. The fourth-order valence-corrected chi connectivity index (χ4v) is 2.85. The Hall–Kier alpha value is -2.36. The molecule has 0 amide bonds. The second kappa shape index (κ2) is 6.41. The molecule has 0 saturated heterocycles.